The fourth-order valence-electron chi connectivity index (χ4n) is 4.53. The number of furan rings is 1. The molecule has 2 aromatic heterocycles. The Hall–Kier alpha value is -5.49. The summed E-state index contributed by atoms with van der Waals surface area (Å²) in [5.74, 6) is -1.49. The number of carboxylic acids is 1. The summed E-state index contributed by atoms with van der Waals surface area (Å²) >= 11 is 0. The molecule has 12 heteroatoms. The first-order valence-electron chi connectivity index (χ1n) is 13.1. The van der Waals surface area contributed by atoms with Crippen LogP contribution >= 0.6 is 0 Å². The second-order valence-corrected chi connectivity index (χ2v) is 9.29. The Labute approximate surface area is 239 Å². The van der Waals surface area contributed by atoms with Gasteiger partial charge < -0.3 is 24.7 Å². The molecule has 12 nitrogen and oxygen atoms in total. The monoisotopic (exact) mass is 569 g/mol. The Morgan fingerprint density at radius 3 is 2.43 bits per heavy atom. The fraction of sp³-hybridized carbons (Fsp3) is 0.167. The highest BCUT2D eigenvalue weighted by molar-refractivity contribution is 5.93. The van der Waals surface area contributed by atoms with Crippen LogP contribution in [0.4, 0.5) is 0 Å². The number of carbonyl (C=O) groups is 2. The zero-order chi connectivity index (χ0) is 29.6. The third kappa shape index (κ3) is 5.98. The normalized spacial score (nSPS) is 12.4. The van der Waals surface area contributed by atoms with Crippen molar-refractivity contribution >= 4 is 11.9 Å². The van der Waals surface area contributed by atoms with E-state index in [4.69, 9.17) is 9.15 Å². The predicted octanol–water partition coefficient (Wildman–Crippen LogP) is 3.12. The van der Waals surface area contributed by atoms with E-state index in [1.54, 1.807) is 49.4 Å². The predicted molar refractivity (Wildman–Crippen MR) is 150 cm³/mol. The third-order valence-electron chi connectivity index (χ3n) is 6.54. The number of rotatable bonds is 11. The van der Waals surface area contributed by atoms with Crippen molar-refractivity contribution in [2.24, 2.45) is 0 Å². The van der Waals surface area contributed by atoms with E-state index in [1.807, 2.05) is 36.4 Å². The molecular weight excluding hydrogens is 542 g/mol. The van der Waals surface area contributed by atoms with Gasteiger partial charge in [-0.1, -0.05) is 72.8 Å². The van der Waals surface area contributed by atoms with Crippen LogP contribution in [0.25, 0.3) is 16.8 Å². The molecule has 0 spiro atoms. The van der Waals surface area contributed by atoms with Gasteiger partial charge in [-0.15, -0.1) is 0 Å². The molecule has 0 saturated heterocycles. The SMILES string of the molecule is CCOc1cc(C(=O)NC(c2ccccc2)C(O)C(=O)O)oc1Cc1ccc(-c2ccccc2-n2nn[nH]c2=O)cc1. The number of aliphatic hydroxyl groups is 1. The van der Waals surface area contributed by atoms with Gasteiger partial charge in [0.1, 0.15) is 0 Å². The van der Waals surface area contributed by atoms with Gasteiger partial charge >= 0.3 is 11.7 Å². The van der Waals surface area contributed by atoms with Crippen molar-refractivity contribution in [3.8, 4) is 22.6 Å². The minimum Gasteiger partial charge on any atom is -0.490 e. The maximum absolute atomic E-state index is 13.1. The van der Waals surface area contributed by atoms with Gasteiger partial charge in [-0.3, -0.25) is 4.79 Å². The van der Waals surface area contributed by atoms with E-state index in [1.165, 1.54) is 10.7 Å². The van der Waals surface area contributed by atoms with Crippen LogP contribution in [-0.2, 0) is 11.2 Å². The van der Waals surface area contributed by atoms with Gasteiger partial charge in [0, 0.05) is 18.1 Å². The number of para-hydroxylation sites is 1. The lowest BCUT2D eigenvalue weighted by Crippen LogP contribution is -2.40. The average Bonchev–Trinajstić information content (AvgIpc) is 3.62. The number of hydrogen-bond acceptors (Lipinski definition) is 8. The number of nitrogens with one attached hydrogen (secondary N) is 2. The summed E-state index contributed by atoms with van der Waals surface area (Å²) in [4.78, 5) is 36.7. The summed E-state index contributed by atoms with van der Waals surface area (Å²) < 4.78 is 12.8. The Kier molecular flexibility index (Phi) is 8.25. The summed E-state index contributed by atoms with van der Waals surface area (Å²) in [7, 11) is 0. The van der Waals surface area contributed by atoms with Crippen LogP contribution in [0.1, 0.15) is 40.4 Å². The number of aromatic amines is 1. The van der Waals surface area contributed by atoms with Crippen LogP contribution < -0.4 is 15.7 Å². The molecule has 214 valence electrons. The maximum Gasteiger partial charge on any atom is 0.365 e. The zero-order valence-corrected chi connectivity index (χ0v) is 22.4. The van der Waals surface area contributed by atoms with Gasteiger partial charge in [0.15, 0.2) is 23.4 Å². The number of hydrogen-bond donors (Lipinski definition) is 4. The van der Waals surface area contributed by atoms with Crippen LogP contribution in [-0.4, -0.2) is 55.0 Å². The molecule has 0 aliphatic carbocycles. The number of aliphatic carboxylic acids is 1. The number of H-pyrrole nitrogens is 1. The molecule has 0 saturated carbocycles. The van der Waals surface area contributed by atoms with Crippen molar-refractivity contribution < 1.29 is 29.0 Å². The number of amides is 1. The second kappa shape index (κ2) is 12.4. The quantitative estimate of drug-likeness (QED) is 0.186. The topological polar surface area (TPSA) is 173 Å². The van der Waals surface area contributed by atoms with Gasteiger partial charge in [-0.25, -0.2) is 14.7 Å². The molecule has 0 aliphatic rings. The number of aromatic nitrogens is 4. The minimum absolute atomic E-state index is 0.0874. The largest absolute Gasteiger partial charge is 0.490 e. The Morgan fingerprint density at radius 1 is 1.05 bits per heavy atom. The summed E-state index contributed by atoms with van der Waals surface area (Å²) in [6.07, 6.45) is -1.57. The highest BCUT2D eigenvalue weighted by atomic mass is 16.5. The fourth-order valence-corrected chi connectivity index (χ4v) is 4.53. The van der Waals surface area contributed by atoms with E-state index in [-0.39, 0.29) is 5.76 Å². The van der Waals surface area contributed by atoms with E-state index < -0.39 is 29.7 Å². The first-order valence-corrected chi connectivity index (χ1v) is 13.1. The van der Waals surface area contributed by atoms with E-state index in [2.05, 4.69) is 20.8 Å². The number of tetrazole rings is 1. The van der Waals surface area contributed by atoms with Crippen LogP contribution in [0, 0.1) is 0 Å². The molecule has 3 aromatic carbocycles. The summed E-state index contributed by atoms with van der Waals surface area (Å²) in [5.41, 5.74) is 3.04. The van der Waals surface area contributed by atoms with Crippen molar-refractivity contribution in [3.63, 3.8) is 0 Å². The minimum atomic E-state index is -1.87. The first-order chi connectivity index (χ1) is 20.4. The molecule has 42 heavy (non-hydrogen) atoms. The molecule has 0 fully saturated rings. The van der Waals surface area contributed by atoms with E-state index in [0.29, 0.717) is 35.8 Å². The third-order valence-corrected chi connectivity index (χ3v) is 6.54. The molecule has 2 atom stereocenters. The van der Waals surface area contributed by atoms with Crippen LogP contribution in [0.3, 0.4) is 0 Å². The van der Waals surface area contributed by atoms with Crippen molar-refractivity contribution in [1.29, 1.82) is 0 Å². The van der Waals surface area contributed by atoms with Crippen LogP contribution in [0.2, 0.25) is 0 Å². The van der Waals surface area contributed by atoms with Crippen LogP contribution in [0.15, 0.2) is 94.1 Å². The average molecular weight is 570 g/mol. The molecule has 5 aromatic rings. The maximum atomic E-state index is 13.1. The molecule has 5 rings (SSSR count). The number of carboxylic acid groups (broad SMARTS) is 1. The molecule has 0 bridgehead atoms. The highest BCUT2D eigenvalue weighted by Gasteiger charge is 2.30. The first kappa shape index (κ1) is 28.1. The smallest absolute Gasteiger partial charge is 0.365 e. The van der Waals surface area contributed by atoms with E-state index >= 15 is 0 Å². The van der Waals surface area contributed by atoms with Crippen molar-refractivity contribution in [1.82, 2.24) is 25.5 Å². The van der Waals surface area contributed by atoms with Crippen LogP contribution in [0.5, 0.6) is 5.75 Å². The molecule has 1 amide bonds. The summed E-state index contributed by atoms with van der Waals surface area (Å²) in [6, 6.07) is 23.5. The van der Waals surface area contributed by atoms with E-state index in [9.17, 15) is 24.6 Å². The van der Waals surface area contributed by atoms with Gasteiger partial charge in [-0.2, -0.15) is 4.68 Å². The van der Waals surface area contributed by atoms with E-state index in [0.717, 1.165) is 16.7 Å². The lowest BCUT2D eigenvalue weighted by molar-refractivity contribution is -0.148. The Bertz CT molecular complexity index is 1740. The Balaban J connectivity index is 1.38. The highest BCUT2D eigenvalue weighted by Crippen LogP contribution is 2.30. The van der Waals surface area contributed by atoms with Gasteiger partial charge in [0.2, 0.25) is 0 Å². The Morgan fingerprint density at radius 2 is 1.76 bits per heavy atom. The van der Waals surface area contributed by atoms with Crippen molar-refractivity contribution in [2.45, 2.75) is 25.5 Å². The number of benzene rings is 3. The zero-order valence-electron chi connectivity index (χ0n) is 22.4. The van der Waals surface area contributed by atoms with Crippen molar-refractivity contribution in [3.05, 3.63) is 118 Å². The molecule has 2 unspecified atom stereocenters. The van der Waals surface area contributed by atoms with Gasteiger partial charge in [0.05, 0.1) is 18.3 Å². The number of carbonyl (C=O) groups excluding carboxylic acids is 1. The lowest BCUT2D eigenvalue weighted by atomic mass is 10.0. The molecule has 4 N–H and O–H groups in total. The standard InChI is InChI=1S/C30H27N5O7/c1-2-41-23-17-25(28(37)31-26(27(36)29(38)39)20-8-4-3-5-9-20)42-24(23)16-18-12-14-19(15-13-18)21-10-6-7-11-22(21)35-30(40)32-33-34-35/h3-15,17,26-27,36H,2,16H2,1H3,(H,31,37)(H,38,39)(H,32,34,40). The number of aliphatic hydroxyl groups excluding tert-OH is 1. The number of ether oxygens (including phenoxy) is 1. The molecule has 0 aliphatic heterocycles. The molecule has 2 heterocycles. The van der Waals surface area contributed by atoms with Crippen molar-refractivity contribution in [2.75, 3.05) is 6.61 Å². The van der Waals surface area contributed by atoms with Gasteiger partial charge in [-0.05, 0) is 40.1 Å². The lowest BCUT2D eigenvalue weighted by Gasteiger charge is -2.21. The number of nitrogens with zero attached hydrogens (tertiary/aromatic N) is 3. The van der Waals surface area contributed by atoms with Gasteiger partial charge in [0.25, 0.3) is 5.91 Å². The molecular formula is C30H27N5O7. The summed E-state index contributed by atoms with van der Waals surface area (Å²) in [6.45, 7) is 2.13. The summed E-state index contributed by atoms with van der Waals surface area (Å²) in [5, 5.41) is 31.9. The molecule has 0 radical (unpaired) electrons. The second-order valence-electron chi connectivity index (χ2n) is 9.29.